The predicted molar refractivity (Wildman–Crippen MR) is 67.9 cm³/mol. The standard InChI is InChI=1S/C13H15BrO3/c1-7(15)6-10-8-2-4-17-13(8)11(14)9-3-5-16-12(9)10/h7,15H,2-6H2,1H3. The average Bonchev–Trinajstić information content (AvgIpc) is 2.92. The Morgan fingerprint density at radius 3 is 2.53 bits per heavy atom. The molecule has 0 saturated heterocycles. The Kier molecular flexibility index (Phi) is 2.79. The van der Waals surface area contributed by atoms with Gasteiger partial charge >= 0.3 is 0 Å². The van der Waals surface area contributed by atoms with E-state index in [4.69, 9.17) is 9.47 Å². The van der Waals surface area contributed by atoms with Crippen molar-refractivity contribution in [2.75, 3.05) is 13.2 Å². The van der Waals surface area contributed by atoms with Crippen LogP contribution in [-0.4, -0.2) is 24.4 Å². The maximum absolute atomic E-state index is 9.63. The van der Waals surface area contributed by atoms with Crippen LogP contribution in [-0.2, 0) is 19.3 Å². The highest BCUT2D eigenvalue weighted by Gasteiger charge is 2.30. The van der Waals surface area contributed by atoms with Gasteiger partial charge in [0.25, 0.3) is 0 Å². The molecule has 1 atom stereocenters. The molecule has 4 heteroatoms. The molecule has 0 bridgehead atoms. The van der Waals surface area contributed by atoms with E-state index in [-0.39, 0.29) is 6.10 Å². The maximum Gasteiger partial charge on any atom is 0.137 e. The minimum Gasteiger partial charge on any atom is -0.493 e. The molecule has 0 aliphatic carbocycles. The largest absolute Gasteiger partial charge is 0.493 e. The summed E-state index contributed by atoms with van der Waals surface area (Å²) in [5.74, 6) is 1.94. The number of benzene rings is 1. The van der Waals surface area contributed by atoms with Crippen LogP contribution in [0.5, 0.6) is 11.5 Å². The number of hydrogen-bond donors (Lipinski definition) is 1. The number of fused-ring (bicyclic) bond motifs is 2. The normalized spacial score (nSPS) is 18.3. The van der Waals surface area contributed by atoms with Crippen molar-refractivity contribution in [2.45, 2.75) is 32.3 Å². The van der Waals surface area contributed by atoms with E-state index in [0.717, 1.165) is 47.6 Å². The molecule has 2 aliphatic rings. The predicted octanol–water partition coefficient (Wildman–Crippen LogP) is 2.24. The molecule has 0 aromatic heterocycles. The minimum atomic E-state index is -0.353. The summed E-state index contributed by atoms with van der Waals surface area (Å²) in [4.78, 5) is 0. The van der Waals surface area contributed by atoms with Crippen LogP contribution in [0.4, 0.5) is 0 Å². The molecule has 1 aromatic carbocycles. The third-order valence-corrected chi connectivity index (χ3v) is 4.19. The third kappa shape index (κ3) is 1.74. The minimum absolute atomic E-state index is 0.353. The first-order valence-corrected chi connectivity index (χ1v) is 6.77. The zero-order valence-electron chi connectivity index (χ0n) is 9.75. The molecule has 0 spiro atoms. The molecule has 0 saturated carbocycles. The summed E-state index contributed by atoms with van der Waals surface area (Å²) in [6.07, 6.45) is 2.11. The fourth-order valence-electron chi connectivity index (χ4n) is 2.66. The molecule has 3 nitrogen and oxygen atoms in total. The van der Waals surface area contributed by atoms with Crippen molar-refractivity contribution in [1.29, 1.82) is 0 Å². The molecule has 1 N–H and O–H groups in total. The summed E-state index contributed by atoms with van der Waals surface area (Å²) in [6, 6.07) is 0. The van der Waals surface area contributed by atoms with Crippen molar-refractivity contribution < 1.29 is 14.6 Å². The van der Waals surface area contributed by atoms with E-state index < -0.39 is 0 Å². The van der Waals surface area contributed by atoms with Crippen LogP contribution in [0.3, 0.4) is 0 Å². The van der Waals surface area contributed by atoms with Gasteiger partial charge in [-0.3, -0.25) is 0 Å². The Balaban J connectivity index is 2.19. The van der Waals surface area contributed by atoms with E-state index in [1.165, 1.54) is 11.1 Å². The molecule has 92 valence electrons. The lowest BCUT2D eigenvalue weighted by atomic mass is 9.96. The fraction of sp³-hybridized carbons (Fsp3) is 0.538. The van der Waals surface area contributed by atoms with Gasteiger partial charge in [0, 0.05) is 36.0 Å². The van der Waals surface area contributed by atoms with Gasteiger partial charge in [-0.15, -0.1) is 0 Å². The summed E-state index contributed by atoms with van der Waals surface area (Å²) in [5.41, 5.74) is 3.54. The average molecular weight is 299 g/mol. The van der Waals surface area contributed by atoms with E-state index in [1.807, 2.05) is 6.92 Å². The number of aliphatic hydroxyl groups excluding tert-OH is 1. The molecule has 2 aliphatic heterocycles. The number of halogens is 1. The fourth-order valence-corrected chi connectivity index (χ4v) is 3.39. The van der Waals surface area contributed by atoms with Gasteiger partial charge in [0.2, 0.25) is 0 Å². The lowest BCUT2D eigenvalue weighted by molar-refractivity contribution is 0.193. The lowest BCUT2D eigenvalue weighted by Crippen LogP contribution is -2.08. The van der Waals surface area contributed by atoms with Crippen LogP contribution in [0.15, 0.2) is 4.47 Å². The first-order valence-electron chi connectivity index (χ1n) is 5.98. The van der Waals surface area contributed by atoms with Crippen molar-refractivity contribution in [3.63, 3.8) is 0 Å². The van der Waals surface area contributed by atoms with Crippen LogP contribution in [0.2, 0.25) is 0 Å². The molecule has 1 aromatic rings. The van der Waals surface area contributed by atoms with Crippen LogP contribution < -0.4 is 9.47 Å². The number of aliphatic hydroxyl groups is 1. The Morgan fingerprint density at radius 2 is 1.82 bits per heavy atom. The third-order valence-electron chi connectivity index (χ3n) is 3.35. The van der Waals surface area contributed by atoms with Crippen LogP contribution in [0.1, 0.15) is 23.6 Å². The summed E-state index contributed by atoms with van der Waals surface area (Å²) < 4.78 is 12.5. The zero-order valence-corrected chi connectivity index (χ0v) is 11.3. The molecular formula is C13H15BrO3. The number of ether oxygens (including phenoxy) is 2. The van der Waals surface area contributed by atoms with E-state index in [2.05, 4.69) is 15.9 Å². The topological polar surface area (TPSA) is 38.7 Å². The Labute approximate surface area is 109 Å². The van der Waals surface area contributed by atoms with E-state index >= 15 is 0 Å². The van der Waals surface area contributed by atoms with Gasteiger partial charge in [-0.25, -0.2) is 0 Å². The Morgan fingerprint density at radius 1 is 1.18 bits per heavy atom. The van der Waals surface area contributed by atoms with E-state index in [9.17, 15) is 5.11 Å². The molecule has 17 heavy (non-hydrogen) atoms. The second-order valence-electron chi connectivity index (χ2n) is 4.66. The lowest BCUT2D eigenvalue weighted by Gasteiger charge is -2.15. The molecule has 3 rings (SSSR count). The van der Waals surface area contributed by atoms with E-state index in [0.29, 0.717) is 6.42 Å². The number of hydrogen-bond acceptors (Lipinski definition) is 3. The van der Waals surface area contributed by atoms with Gasteiger partial charge in [0.1, 0.15) is 11.5 Å². The maximum atomic E-state index is 9.63. The molecule has 0 fully saturated rings. The van der Waals surface area contributed by atoms with Gasteiger partial charge in [-0.05, 0) is 22.9 Å². The highest BCUT2D eigenvalue weighted by atomic mass is 79.9. The van der Waals surface area contributed by atoms with Gasteiger partial charge in [-0.2, -0.15) is 0 Å². The molecule has 0 radical (unpaired) electrons. The molecular weight excluding hydrogens is 284 g/mol. The smallest absolute Gasteiger partial charge is 0.137 e. The second kappa shape index (κ2) is 4.18. The highest BCUT2D eigenvalue weighted by molar-refractivity contribution is 9.10. The van der Waals surface area contributed by atoms with Crippen LogP contribution in [0.25, 0.3) is 0 Å². The van der Waals surface area contributed by atoms with Crippen molar-refractivity contribution in [2.24, 2.45) is 0 Å². The first kappa shape index (κ1) is 11.4. The first-order chi connectivity index (χ1) is 8.18. The SMILES string of the molecule is CC(O)Cc1c2c(c(Br)c3c1OCC3)OCC2. The van der Waals surface area contributed by atoms with Crippen LogP contribution >= 0.6 is 15.9 Å². The molecule has 2 heterocycles. The quantitative estimate of drug-likeness (QED) is 0.910. The second-order valence-corrected chi connectivity index (χ2v) is 5.45. The summed E-state index contributed by atoms with van der Waals surface area (Å²) in [6.45, 7) is 3.26. The summed E-state index contributed by atoms with van der Waals surface area (Å²) >= 11 is 3.62. The summed E-state index contributed by atoms with van der Waals surface area (Å²) in [5, 5.41) is 9.63. The van der Waals surface area contributed by atoms with Crippen molar-refractivity contribution in [1.82, 2.24) is 0 Å². The molecule has 0 amide bonds. The summed E-state index contributed by atoms with van der Waals surface area (Å²) in [7, 11) is 0. The van der Waals surface area contributed by atoms with E-state index in [1.54, 1.807) is 0 Å². The van der Waals surface area contributed by atoms with Gasteiger partial charge in [-0.1, -0.05) is 0 Å². The van der Waals surface area contributed by atoms with Crippen molar-refractivity contribution in [3.8, 4) is 11.5 Å². The van der Waals surface area contributed by atoms with Crippen molar-refractivity contribution in [3.05, 3.63) is 21.2 Å². The van der Waals surface area contributed by atoms with Gasteiger partial charge in [0.05, 0.1) is 23.8 Å². The van der Waals surface area contributed by atoms with Crippen LogP contribution in [0, 0.1) is 0 Å². The number of rotatable bonds is 2. The van der Waals surface area contributed by atoms with Crippen molar-refractivity contribution >= 4 is 15.9 Å². The van der Waals surface area contributed by atoms with Gasteiger partial charge < -0.3 is 14.6 Å². The Hall–Kier alpha value is -0.740. The van der Waals surface area contributed by atoms with Gasteiger partial charge in [0.15, 0.2) is 0 Å². The highest BCUT2D eigenvalue weighted by Crippen LogP contribution is 2.47. The molecule has 1 unspecified atom stereocenters. The monoisotopic (exact) mass is 298 g/mol. The zero-order chi connectivity index (χ0) is 12.0. The Bertz CT molecular complexity index is 433.